The SMILES string of the molecule is CCCCCCOc1ccc2c(c1)CCc1c(C#N)c(N)c3c(c1-2)-c1ccc(OCCCCCC=O)cc1CC3. The largest absolute Gasteiger partial charge is 0.494 e. The van der Waals surface area contributed by atoms with E-state index in [1.807, 2.05) is 0 Å². The fourth-order valence-electron chi connectivity index (χ4n) is 6.26. The lowest BCUT2D eigenvalue weighted by molar-refractivity contribution is -0.107. The highest BCUT2D eigenvalue weighted by molar-refractivity contribution is 5.97. The number of hydrogen-bond acceptors (Lipinski definition) is 5. The first-order valence-corrected chi connectivity index (χ1v) is 15.0. The van der Waals surface area contributed by atoms with Crippen LogP contribution < -0.4 is 15.2 Å². The average molecular weight is 537 g/mol. The fourth-order valence-corrected chi connectivity index (χ4v) is 6.26. The monoisotopic (exact) mass is 536 g/mol. The van der Waals surface area contributed by atoms with Gasteiger partial charge in [-0.2, -0.15) is 5.26 Å². The smallest absolute Gasteiger partial charge is 0.119 e. The fraction of sp³-hybridized carbons (Fsp3) is 0.429. The Hall–Kier alpha value is -3.78. The van der Waals surface area contributed by atoms with E-state index in [-0.39, 0.29) is 0 Å². The maximum atomic E-state index is 10.5. The molecule has 0 saturated heterocycles. The van der Waals surface area contributed by atoms with Gasteiger partial charge in [0.2, 0.25) is 0 Å². The summed E-state index contributed by atoms with van der Waals surface area (Å²) >= 11 is 0. The molecule has 0 heterocycles. The minimum atomic E-state index is 0.621. The Kier molecular flexibility index (Phi) is 9.06. The highest BCUT2D eigenvalue weighted by atomic mass is 16.5. The van der Waals surface area contributed by atoms with Gasteiger partial charge in [0.25, 0.3) is 0 Å². The third-order valence-corrected chi connectivity index (χ3v) is 8.34. The second-order valence-electron chi connectivity index (χ2n) is 11.0. The number of nitrogens with zero attached hydrogens (tertiary/aromatic N) is 1. The molecule has 0 amide bonds. The zero-order valence-electron chi connectivity index (χ0n) is 23.7. The van der Waals surface area contributed by atoms with Crippen molar-refractivity contribution >= 4 is 12.0 Å². The summed E-state index contributed by atoms with van der Waals surface area (Å²) < 4.78 is 12.2. The summed E-state index contributed by atoms with van der Waals surface area (Å²) in [6.07, 6.45) is 12.5. The lowest BCUT2D eigenvalue weighted by Crippen LogP contribution is -2.16. The van der Waals surface area contributed by atoms with Gasteiger partial charge in [-0.3, -0.25) is 0 Å². The summed E-state index contributed by atoms with van der Waals surface area (Å²) in [6.45, 7) is 3.62. The predicted octanol–water partition coefficient (Wildman–Crippen LogP) is 7.77. The molecule has 0 saturated carbocycles. The van der Waals surface area contributed by atoms with E-state index in [0.29, 0.717) is 24.3 Å². The first-order chi connectivity index (χ1) is 19.7. The van der Waals surface area contributed by atoms with Crippen LogP contribution in [0.5, 0.6) is 11.5 Å². The molecule has 2 aliphatic rings. The quantitative estimate of drug-likeness (QED) is 0.137. The molecule has 0 atom stereocenters. The number of nitrogens with two attached hydrogens (primary N) is 1. The number of ether oxygens (including phenoxy) is 2. The van der Waals surface area contributed by atoms with E-state index in [1.165, 1.54) is 52.6 Å². The minimum absolute atomic E-state index is 0.621. The molecule has 0 spiro atoms. The minimum Gasteiger partial charge on any atom is -0.494 e. The van der Waals surface area contributed by atoms with Crippen molar-refractivity contribution in [2.75, 3.05) is 18.9 Å². The molecule has 0 aliphatic heterocycles. The van der Waals surface area contributed by atoms with Gasteiger partial charge in [-0.25, -0.2) is 0 Å². The van der Waals surface area contributed by atoms with Crippen molar-refractivity contribution in [1.82, 2.24) is 0 Å². The Morgan fingerprint density at radius 2 is 1.38 bits per heavy atom. The van der Waals surface area contributed by atoms with E-state index >= 15 is 0 Å². The molecule has 2 N–H and O–H groups in total. The van der Waals surface area contributed by atoms with Crippen LogP contribution in [0.25, 0.3) is 22.3 Å². The van der Waals surface area contributed by atoms with Crippen LogP contribution in [0.1, 0.15) is 86.1 Å². The van der Waals surface area contributed by atoms with Gasteiger partial charge in [0.1, 0.15) is 23.9 Å². The van der Waals surface area contributed by atoms with E-state index < -0.39 is 0 Å². The summed E-state index contributed by atoms with van der Waals surface area (Å²) in [7, 11) is 0. The van der Waals surface area contributed by atoms with E-state index in [0.717, 1.165) is 86.9 Å². The number of anilines is 1. The summed E-state index contributed by atoms with van der Waals surface area (Å²) in [5.74, 6) is 1.81. The molecule has 0 fully saturated rings. The van der Waals surface area contributed by atoms with Gasteiger partial charge in [-0.1, -0.05) is 38.3 Å². The number of nitriles is 1. The number of nitrogen functional groups attached to an aromatic ring is 1. The molecular formula is C35H40N2O3. The summed E-state index contributed by atoms with van der Waals surface area (Å²) in [4.78, 5) is 10.5. The van der Waals surface area contributed by atoms with Crippen molar-refractivity contribution in [1.29, 1.82) is 5.26 Å². The first-order valence-electron chi connectivity index (χ1n) is 15.0. The molecule has 40 heavy (non-hydrogen) atoms. The summed E-state index contributed by atoms with van der Waals surface area (Å²) in [6, 6.07) is 15.3. The van der Waals surface area contributed by atoms with E-state index in [2.05, 4.69) is 49.4 Å². The van der Waals surface area contributed by atoms with Crippen molar-refractivity contribution in [3.05, 3.63) is 64.2 Å². The molecule has 0 bridgehead atoms. The Morgan fingerprint density at radius 3 is 1.95 bits per heavy atom. The van der Waals surface area contributed by atoms with Crippen molar-refractivity contribution in [2.45, 2.75) is 84.0 Å². The number of carbonyl (C=O) groups is 1. The van der Waals surface area contributed by atoms with E-state index in [4.69, 9.17) is 15.2 Å². The topological polar surface area (TPSA) is 85.3 Å². The van der Waals surface area contributed by atoms with Crippen LogP contribution in [-0.4, -0.2) is 19.5 Å². The van der Waals surface area contributed by atoms with Gasteiger partial charge < -0.3 is 20.0 Å². The number of fused-ring (bicyclic) bond motifs is 7. The van der Waals surface area contributed by atoms with Crippen molar-refractivity contribution in [3.8, 4) is 39.8 Å². The second kappa shape index (κ2) is 13.0. The molecule has 2 aliphatic carbocycles. The molecule has 0 aromatic heterocycles. The highest BCUT2D eigenvalue weighted by Gasteiger charge is 2.31. The van der Waals surface area contributed by atoms with Crippen LogP contribution >= 0.6 is 0 Å². The highest BCUT2D eigenvalue weighted by Crippen LogP contribution is 2.50. The van der Waals surface area contributed by atoms with E-state index in [1.54, 1.807) is 0 Å². The molecule has 0 unspecified atom stereocenters. The lowest BCUT2D eigenvalue weighted by Gasteiger charge is -2.31. The average Bonchev–Trinajstić information content (AvgIpc) is 2.98. The second-order valence-corrected chi connectivity index (χ2v) is 11.0. The number of unbranched alkanes of at least 4 members (excludes halogenated alkanes) is 6. The third-order valence-electron chi connectivity index (χ3n) is 8.34. The van der Waals surface area contributed by atoms with Gasteiger partial charge >= 0.3 is 0 Å². The number of hydrogen-bond donors (Lipinski definition) is 1. The normalized spacial score (nSPS) is 12.9. The summed E-state index contributed by atoms with van der Waals surface area (Å²) in [5, 5.41) is 10.1. The van der Waals surface area contributed by atoms with Crippen LogP contribution in [0.3, 0.4) is 0 Å². The zero-order valence-corrected chi connectivity index (χ0v) is 23.7. The van der Waals surface area contributed by atoms with Gasteiger partial charge in [0.15, 0.2) is 0 Å². The first kappa shape index (κ1) is 27.8. The molecule has 208 valence electrons. The van der Waals surface area contributed by atoms with E-state index in [9.17, 15) is 10.1 Å². The predicted molar refractivity (Wildman–Crippen MR) is 161 cm³/mol. The molecular weight excluding hydrogens is 496 g/mol. The van der Waals surface area contributed by atoms with Gasteiger partial charge in [-0.05, 0) is 120 Å². The molecule has 5 nitrogen and oxygen atoms in total. The van der Waals surface area contributed by atoms with Crippen molar-refractivity contribution in [2.24, 2.45) is 0 Å². The van der Waals surface area contributed by atoms with Crippen LogP contribution in [0.4, 0.5) is 5.69 Å². The molecule has 0 radical (unpaired) electrons. The molecule has 3 aromatic carbocycles. The van der Waals surface area contributed by atoms with Crippen LogP contribution in [0.2, 0.25) is 0 Å². The Bertz CT molecular complexity index is 1420. The van der Waals surface area contributed by atoms with Crippen LogP contribution in [-0.2, 0) is 30.5 Å². The van der Waals surface area contributed by atoms with Crippen LogP contribution in [0, 0.1) is 11.3 Å². The van der Waals surface area contributed by atoms with Gasteiger partial charge in [0, 0.05) is 6.42 Å². The summed E-state index contributed by atoms with van der Waals surface area (Å²) in [5.41, 5.74) is 17.4. The number of aldehydes is 1. The Balaban J connectivity index is 1.46. The standard InChI is InChI=1S/C35H40N2O3/c1-2-3-4-8-19-39-26-12-16-28-24(21-26)10-14-30-32(23-36)35(37)31-15-11-25-22-27(40-20-9-6-5-7-18-38)13-17-29(25)34(31)33(28)30/h12-13,16-18,21-22H,2-11,14-15,19-20,37H2,1H3. The van der Waals surface area contributed by atoms with Gasteiger partial charge in [-0.15, -0.1) is 0 Å². The maximum Gasteiger partial charge on any atom is 0.119 e. The molecule has 3 aromatic rings. The van der Waals surface area contributed by atoms with Crippen LogP contribution in [0.15, 0.2) is 36.4 Å². The number of carbonyl (C=O) groups excluding carboxylic acids is 1. The van der Waals surface area contributed by atoms with Crippen molar-refractivity contribution < 1.29 is 14.3 Å². The number of benzene rings is 3. The number of rotatable bonds is 13. The molecule has 5 rings (SSSR count). The molecule has 5 heteroatoms. The van der Waals surface area contributed by atoms with Gasteiger partial charge in [0.05, 0.1) is 24.5 Å². The maximum absolute atomic E-state index is 10.5. The zero-order chi connectivity index (χ0) is 27.9. The Morgan fingerprint density at radius 1 is 0.800 bits per heavy atom. The number of aryl methyl sites for hydroxylation is 2. The lowest BCUT2D eigenvalue weighted by atomic mass is 9.73. The van der Waals surface area contributed by atoms with Crippen molar-refractivity contribution in [3.63, 3.8) is 0 Å². The third kappa shape index (κ3) is 5.72. The Labute approximate surface area is 238 Å².